The average Bonchev–Trinajstić information content (AvgIpc) is 2.67. The van der Waals surface area contributed by atoms with Crippen molar-refractivity contribution in [2.45, 2.75) is 38.8 Å². The van der Waals surface area contributed by atoms with Crippen LogP contribution in [0.4, 0.5) is 17.1 Å². The molecule has 7 heteroatoms. The van der Waals surface area contributed by atoms with Gasteiger partial charge in [-0.1, -0.05) is 25.1 Å². The number of benzene rings is 2. The topological polar surface area (TPSA) is 73.5 Å². The van der Waals surface area contributed by atoms with Gasteiger partial charge in [-0.2, -0.15) is 0 Å². The minimum absolute atomic E-state index is 0. The summed E-state index contributed by atoms with van der Waals surface area (Å²) in [4.78, 5) is 26.5. The Kier molecular flexibility index (Phi) is 7.00. The Morgan fingerprint density at radius 1 is 1.07 bits per heavy atom. The van der Waals surface area contributed by atoms with Crippen LogP contribution in [0.1, 0.15) is 38.3 Å². The van der Waals surface area contributed by atoms with Crippen LogP contribution < -0.4 is 20.9 Å². The van der Waals surface area contributed by atoms with Crippen molar-refractivity contribution in [3.63, 3.8) is 0 Å². The van der Waals surface area contributed by atoms with Crippen LogP contribution >= 0.6 is 12.4 Å². The molecule has 1 fully saturated rings. The SMILES string of the molecule is CCC(=O)N1c2ccccc2[C@H](Nc2ccc(NC(=O)C3CNC3)cc2)C[C@@H]1C.Cl. The summed E-state index contributed by atoms with van der Waals surface area (Å²) < 4.78 is 0. The molecule has 0 spiro atoms. The van der Waals surface area contributed by atoms with E-state index in [1.54, 1.807) is 0 Å². The molecule has 1 saturated heterocycles. The number of anilines is 3. The van der Waals surface area contributed by atoms with E-state index in [0.717, 1.165) is 42.1 Å². The molecule has 0 radical (unpaired) electrons. The number of nitrogens with zero attached hydrogens (tertiary/aromatic N) is 1. The molecule has 0 saturated carbocycles. The molecular weight excluding hydrogens is 400 g/mol. The molecule has 160 valence electrons. The predicted octanol–water partition coefficient (Wildman–Crippen LogP) is 3.95. The lowest BCUT2D eigenvalue weighted by molar-refractivity contribution is -0.121. The minimum atomic E-state index is 0. The van der Waals surface area contributed by atoms with Gasteiger partial charge in [-0.3, -0.25) is 9.59 Å². The molecule has 6 nitrogen and oxygen atoms in total. The molecule has 0 unspecified atom stereocenters. The van der Waals surface area contributed by atoms with Gasteiger partial charge in [0.25, 0.3) is 0 Å². The Balaban J connectivity index is 0.00000256. The monoisotopic (exact) mass is 428 g/mol. The van der Waals surface area contributed by atoms with E-state index in [1.807, 2.05) is 54.3 Å². The summed E-state index contributed by atoms with van der Waals surface area (Å²) in [5, 5.41) is 9.69. The summed E-state index contributed by atoms with van der Waals surface area (Å²) in [6, 6.07) is 16.2. The third-order valence-corrected chi connectivity index (χ3v) is 5.81. The summed E-state index contributed by atoms with van der Waals surface area (Å²) in [5.41, 5.74) is 3.94. The van der Waals surface area contributed by atoms with Crippen molar-refractivity contribution >= 4 is 41.3 Å². The molecule has 3 N–H and O–H groups in total. The highest BCUT2D eigenvalue weighted by atomic mass is 35.5. The van der Waals surface area contributed by atoms with Gasteiger partial charge in [0.05, 0.1) is 12.0 Å². The van der Waals surface area contributed by atoms with Crippen molar-refractivity contribution in [3.05, 3.63) is 54.1 Å². The first kappa shape index (κ1) is 22.1. The third kappa shape index (κ3) is 4.45. The molecule has 2 aromatic carbocycles. The first-order valence-corrected chi connectivity index (χ1v) is 10.4. The fourth-order valence-corrected chi connectivity index (χ4v) is 4.07. The van der Waals surface area contributed by atoms with Crippen molar-refractivity contribution in [1.82, 2.24) is 5.32 Å². The maximum absolute atomic E-state index is 12.5. The standard InChI is InChI=1S/C23H28N4O2.ClH/c1-3-22(28)27-15(2)12-20(19-6-4-5-7-21(19)27)25-17-8-10-18(11-9-17)26-23(29)16-13-24-14-16;/h4-11,15-16,20,24-25H,3,12-14H2,1-2H3,(H,26,29);1H/t15-,20+;/m0./s1. The largest absolute Gasteiger partial charge is 0.378 e. The highest BCUT2D eigenvalue weighted by Gasteiger charge is 2.32. The van der Waals surface area contributed by atoms with Crippen LogP contribution in [0.5, 0.6) is 0 Å². The van der Waals surface area contributed by atoms with Crippen LogP contribution in [-0.2, 0) is 9.59 Å². The van der Waals surface area contributed by atoms with Crippen molar-refractivity contribution < 1.29 is 9.59 Å². The van der Waals surface area contributed by atoms with Crippen LogP contribution in [0.15, 0.2) is 48.5 Å². The molecule has 4 rings (SSSR count). The number of halogens is 1. The fraction of sp³-hybridized carbons (Fsp3) is 0.391. The second-order valence-corrected chi connectivity index (χ2v) is 7.88. The van der Waals surface area contributed by atoms with Gasteiger partial charge in [0.1, 0.15) is 0 Å². The normalized spacial score (nSPS) is 20.4. The first-order valence-electron chi connectivity index (χ1n) is 10.4. The van der Waals surface area contributed by atoms with Gasteiger partial charge in [0.2, 0.25) is 11.8 Å². The summed E-state index contributed by atoms with van der Waals surface area (Å²) >= 11 is 0. The number of hydrogen-bond donors (Lipinski definition) is 3. The van der Waals surface area contributed by atoms with Crippen LogP contribution in [0, 0.1) is 5.92 Å². The van der Waals surface area contributed by atoms with Crippen molar-refractivity contribution in [3.8, 4) is 0 Å². The summed E-state index contributed by atoms with van der Waals surface area (Å²) in [7, 11) is 0. The molecular formula is C23H29ClN4O2. The van der Waals surface area contributed by atoms with Gasteiger partial charge in [-0.15, -0.1) is 12.4 Å². The average molecular weight is 429 g/mol. The van der Waals surface area contributed by atoms with Crippen LogP contribution in [0.3, 0.4) is 0 Å². The highest BCUT2D eigenvalue weighted by Crippen LogP contribution is 2.39. The fourth-order valence-electron chi connectivity index (χ4n) is 4.07. The van der Waals surface area contributed by atoms with Gasteiger partial charge in [-0.05, 0) is 49.2 Å². The lowest BCUT2D eigenvalue weighted by Gasteiger charge is -2.40. The zero-order valence-electron chi connectivity index (χ0n) is 17.4. The molecule has 0 aliphatic carbocycles. The second-order valence-electron chi connectivity index (χ2n) is 7.88. The van der Waals surface area contributed by atoms with Crippen LogP contribution in [0.25, 0.3) is 0 Å². The van der Waals surface area contributed by atoms with E-state index < -0.39 is 0 Å². The predicted molar refractivity (Wildman–Crippen MR) is 123 cm³/mol. The summed E-state index contributed by atoms with van der Waals surface area (Å²) in [5.74, 6) is 0.298. The molecule has 2 atom stereocenters. The number of amides is 2. The second kappa shape index (κ2) is 9.49. The maximum Gasteiger partial charge on any atom is 0.230 e. The molecule has 2 aliphatic heterocycles. The van der Waals surface area contributed by atoms with E-state index in [9.17, 15) is 9.59 Å². The number of rotatable bonds is 5. The Labute approximate surface area is 183 Å². The molecule has 2 amide bonds. The molecule has 2 aromatic rings. The number of carbonyl (C=O) groups is 2. The molecule has 0 aromatic heterocycles. The molecule has 30 heavy (non-hydrogen) atoms. The van der Waals surface area contributed by atoms with E-state index >= 15 is 0 Å². The van der Waals surface area contributed by atoms with Crippen molar-refractivity contribution in [1.29, 1.82) is 0 Å². The number of carbonyl (C=O) groups excluding carboxylic acids is 2. The number of nitrogens with one attached hydrogen (secondary N) is 3. The number of hydrogen-bond acceptors (Lipinski definition) is 4. The third-order valence-electron chi connectivity index (χ3n) is 5.81. The summed E-state index contributed by atoms with van der Waals surface area (Å²) in [6.07, 6.45) is 1.34. The van der Waals surface area contributed by atoms with Gasteiger partial charge >= 0.3 is 0 Å². The van der Waals surface area contributed by atoms with Gasteiger partial charge in [-0.25, -0.2) is 0 Å². The Hall–Kier alpha value is -2.57. The number of fused-ring (bicyclic) bond motifs is 1. The highest BCUT2D eigenvalue weighted by molar-refractivity contribution is 5.95. The Morgan fingerprint density at radius 3 is 2.37 bits per heavy atom. The van der Waals surface area contributed by atoms with E-state index in [1.165, 1.54) is 0 Å². The smallest absolute Gasteiger partial charge is 0.230 e. The van der Waals surface area contributed by atoms with Gasteiger partial charge in [0, 0.05) is 42.6 Å². The molecule has 2 heterocycles. The van der Waals surface area contributed by atoms with Crippen molar-refractivity contribution in [2.24, 2.45) is 5.92 Å². The molecule has 2 aliphatic rings. The van der Waals surface area contributed by atoms with E-state index in [-0.39, 0.29) is 42.2 Å². The summed E-state index contributed by atoms with van der Waals surface area (Å²) in [6.45, 7) is 5.51. The first-order chi connectivity index (χ1) is 14.1. The maximum atomic E-state index is 12.5. The van der Waals surface area contributed by atoms with E-state index in [0.29, 0.717) is 6.42 Å². The Morgan fingerprint density at radius 2 is 1.73 bits per heavy atom. The van der Waals surface area contributed by atoms with Gasteiger partial charge in [0.15, 0.2) is 0 Å². The van der Waals surface area contributed by atoms with Crippen LogP contribution in [0.2, 0.25) is 0 Å². The van der Waals surface area contributed by atoms with Gasteiger partial charge < -0.3 is 20.9 Å². The number of para-hydroxylation sites is 1. The lowest BCUT2D eigenvalue weighted by Crippen LogP contribution is -2.48. The molecule has 0 bridgehead atoms. The van der Waals surface area contributed by atoms with E-state index in [4.69, 9.17) is 0 Å². The van der Waals surface area contributed by atoms with Crippen LogP contribution in [-0.4, -0.2) is 30.9 Å². The van der Waals surface area contributed by atoms with Crippen molar-refractivity contribution in [2.75, 3.05) is 28.6 Å². The minimum Gasteiger partial charge on any atom is -0.378 e. The lowest BCUT2D eigenvalue weighted by atomic mass is 9.91. The Bertz CT molecular complexity index is 898. The zero-order chi connectivity index (χ0) is 20.4. The van der Waals surface area contributed by atoms with E-state index in [2.05, 4.69) is 28.9 Å². The quantitative estimate of drug-likeness (QED) is 0.674. The zero-order valence-corrected chi connectivity index (χ0v) is 18.2.